The van der Waals surface area contributed by atoms with E-state index >= 15 is 4.39 Å². The molecule has 2 aliphatic rings. The zero-order valence-corrected chi connectivity index (χ0v) is 20.5. The number of aromatic nitrogens is 2. The van der Waals surface area contributed by atoms with Crippen LogP contribution >= 0.6 is 15.9 Å². The number of aryl methyl sites for hydroxylation is 1. The molecule has 4 heterocycles. The molecule has 0 spiro atoms. The number of rotatable bonds is 3. The summed E-state index contributed by atoms with van der Waals surface area (Å²) in [6, 6.07) is 4.54. The number of carbonyl (C=O) groups excluding carboxylic acids is 2. The molecule has 0 bridgehead atoms. The first-order chi connectivity index (χ1) is 16.1. The molecule has 0 aliphatic carbocycles. The summed E-state index contributed by atoms with van der Waals surface area (Å²) in [4.78, 5) is 32.6. The van der Waals surface area contributed by atoms with Crippen molar-refractivity contribution in [2.75, 3.05) is 18.0 Å². The molecule has 0 N–H and O–H groups in total. The number of pyridine rings is 1. The lowest BCUT2D eigenvalue weighted by molar-refractivity contribution is -0.128. The van der Waals surface area contributed by atoms with Gasteiger partial charge in [-0.1, -0.05) is 0 Å². The summed E-state index contributed by atoms with van der Waals surface area (Å²) < 4.78 is 36.9. The van der Waals surface area contributed by atoms with E-state index in [-0.39, 0.29) is 34.5 Å². The van der Waals surface area contributed by atoms with Crippen LogP contribution in [0.3, 0.4) is 0 Å². The number of halogens is 3. The van der Waals surface area contributed by atoms with E-state index in [2.05, 4.69) is 20.9 Å². The summed E-state index contributed by atoms with van der Waals surface area (Å²) in [7, 11) is 0. The zero-order valence-electron chi connectivity index (χ0n) is 18.9. The second-order valence-electron chi connectivity index (χ2n) is 8.83. The van der Waals surface area contributed by atoms with E-state index in [1.165, 1.54) is 24.0 Å². The summed E-state index contributed by atoms with van der Waals surface area (Å²) in [5.74, 6) is -1.31. The van der Waals surface area contributed by atoms with Gasteiger partial charge in [0.1, 0.15) is 11.5 Å². The molecule has 1 fully saturated rings. The second kappa shape index (κ2) is 8.33. The predicted octanol–water partition coefficient (Wildman–Crippen LogP) is 4.33. The van der Waals surface area contributed by atoms with E-state index in [4.69, 9.17) is 4.74 Å². The van der Waals surface area contributed by atoms with Crippen molar-refractivity contribution < 1.29 is 23.1 Å². The van der Waals surface area contributed by atoms with Gasteiger partial charge in [0.15, 0.2) is 17.7 Å². The van der Waals surface area contributed by atoms with E-state index in [0.717, 1.165) is 12.0 Å². The topological polar surface area (TPSA) is 67.2 Å². The lowest BCUT2D eigenvalue weighted by Gasteiger charge is -2.34. The molecule has 1 saturated heterocycles. The van der Waals surface area contributed by atoms with Crippen LogP contribution in [0.15, 0.2) is 28.9 Å². The van der Waals surface area contributed by atoms with Crippen molar-refractivity contribution >= 4 is 39.1 Å². The minimum absolute atomic E-state index is 0.0134. The Morgan fingerprint density at radius 1 is 1.26 bits per heavy atom. The molecule has 1 unspecified atom stereocenters. The summed E-state index contributed by atoms with van der Waals surface area (Å²) in [5.41, 5.74) is 2.79. The molecule has 2 aromatic heterocycles. The van der Waals surface area contributed by atoms with Gasteiger partial charge in [-0.05, 0) is 53.9 Å². The maximum absolute atomic E-state index is 15.2. The molecule has 1 aromatic carbocycles. The molecule has 0 radical (unpaired) electrons. The van der Waals surface area contributed by atoms with Crippen LogP contribution in [0.1, 0.15) is 43.1 Å². The number of hydrogen-bond acceptors (Lipinski definition) is 4. The van der Waals surface area contributed by atoms with E-state index in [1.54, 1.807) is 35.4 Å². The normalized spacial score (nSPS) is 20.1. The summed E-state index contributed by atoms with van der Waals surface area (Å²) in [6.07, 6.45) is 1.42. The Kier molecular flexibility index (Phi) is 5.58. The van der Waals surface area contributed by atoms with Gasteiger partial charge in [-0.25, -0.2) is 13.8 Å². The molecule has 34 heavy (non-hydrogen) atoms. The molecule has 7 nitrogen and oxygen atoms in total. The third-order valence-electron chi connectivity index (χ3n) is 6.62. The molecule has 178 valence electrons. The molecule has 5 rings (SSSR count). The number of amides is 2. The van der Waals surface area contributed by atoms with Gasteiger partial charge in [0.05, 0.1) is 28.1 Å². The number of ether oxygens (including phenoxy) is 1. The summed E-state index contributed by atoms with van der Waals surface area (Å²) in [6.45, 7) is 6.12. The van der Waals surface area contributed by atoms with Crippen LogP contribution in [-0.4, -0.2) is 45.3 Å². The van der Waals surface area contributed by atoms with Gasteiger partial charge in [-0.3, -0.25) is 14.5 Å². The third-order valence-corrected chi connectivity index (χ3v) is 7.21. The average Bonchev–Trinajstić information content (AvgIpc) is 3.38. The Morgan fingerprint density at radius 2 is 2.03 bits per heavy atom. The van der Waals surface area contributed by atoms with E-state index in [0.29, 0.717) is 35.8 Å². The van der Waals surface area contributed by atoms with Gasteiger partial charge in [-0.15, -0.1) is 0 Å². The third kappa shape index (κ3) is 3.73. The summed E-state index contributed by atoms with van der Waals surface area (Å²) in [5, 5.41) is 0. The molecule has 10 heteroatoms. The molecule has 2 amide bonds. The molecule has 0 saturated carbocycles. The molecule has 2 atom stereocenters. The van der Waals surface area contributed by atoms with Crippen LogP contribution in [-0.2, 0) is 16.1 Å². The SMILES string of the molecule is CC(=O)N1CCC(c2cc(F)c3c(c2)N(Cc2c(C)nc4cc(F)c(Br)cn24)C(=O)[C@@H](C)O3)C1. The average molecular weight is 533 g/mol. The minimum Gasteiger partial charge on any atom is -0.476 e. The van der Waals surface area contributed by atoms with Crippen molar-refractivity contribution in [2.24, 2.45) is 0 Å². The van der Waals surface area contributed by atoms with E-state index in [9.17, 15) is 14.0 Å². The Bertz CT molecular complexity index is 1340. The van der Waals surface area contributed by atoms with Crippen LogP contribution in [0.2, 0.25) is 0 Å². The Hall–Kier alpha value is -3.01. The van der Waals surface area contributed by atoms with Crippen molar-refractivity contribution in [3.05, 3.63) is 57.5 Å². The number of fused-ring (bicyclic) bond motifs is 2. The maximum atomic E-state index is 15.2. The lowest BCUT2D eigenvalue weighted by Crippen LogP contribution is -2.44. The van der Waals surface area contributed by atoms with Crippen LogP contribution in [0.25, 0.3) is 5.65 Å². The molecular formula is C24H23BrF2N4O3. The van der Waals surface area contributed by atoms with Gasteiger partial charge in [0, 0.05) is 38.2 Å². The second-order valence-corrected chi connectivity index (χ2v) is 9.68. The number of nitrogens with zero attached hydrogens (tertiary/aromatic N) is 4. The molecule has 2 aliphatic heterocycles. The highest BCUT2D eigenvalue weighted by Crippen LogP contribution is 2.41. The van der Waals surface area contributed by atoms with Crippen molar-refractivity contribution in [3.8, 4) is 5.75 Å². The van der Waals surface area contributed by atoms with Crippen LogP contribution in [0, 0.1) is 18.6 Å². The highest BCUT2D eigenvalue weighted by atomic mass is 79.9. The fourth-order valence-corrected chi connectivity index (χ4v) is 5.06. The van der Waals surface area contributed by atoms with Crippen LogP contribution < -0.4 is 9.64 Å². The predicted molar refractivity (Wildman–Crippen MR) is 125 cm³/mol. The number of likely N-dealkylation sites (tertiary alicyclic amines) is 1. The van der Waals surface area contributed by atoms with Gasteiger partial charge >= 0.3 is 0 Å². The number of imidazole rings is 1. The first-order valence-corrected chi connectivity index (χ1v) is 11.8. The number of carbonyl (C=O) groups is 2. The summed E-state index contributed by atoms with van der Waals surface area (Å²) >= 11 is 3.20. The van der Waals surface area contributed by atoms with Gasteiger partial charge in [-0.2, -0.15) is 0 Å². The molecule has 3 aromatic rings. The van der Waals surface area contributed by atoms with E-state index < -0.39 is 17.7 Å². The maximum Gasteiger partial charge on any atom is 0.268 e. The Labute approximate surface area is 203 Å². The van der Waals surface area contributed by atoms with Crippen molar-refractivity contribution in [2.45, 2.75) is 45.8 Å². The zero-order chi connectivity index (χ0) is 24.3. The van der Waals surface area contributed by atoms with Gasteiger partial charge in [0.25, 0.3) is 5.91 Å². The largest absolute Gasteiger partial charge is 0.476 e. The fourth-order valence-electron chi connectivity index (χ4n) is 4.75. The standard InChI is InChI=1S/C24H23BrF2N4O3/c1-12-21(30-10-17(25)18(26)8-22(30)28-12)11-31-20-7-16(15-4-5-29(9-15)14(3)32)6-19(27)23(20)34-13(2)24(31)33/h6-8,10,13,15H,4-5,9,11H2,1-3H3/t13-,15?/m1/s1. The monoisotopic (exact) mass is 532 g/mol. The minimum atomic E-state index is -0.865. The fraction of sp³-hybridized carbons (Fsp3) is 0.375. The first kappa shape index (κ1) is 22.8. The molecular weight excluding hydrogens is 510 g/mol. The van der Waals surface area contributed by atoms with Crippen molar-refractivity contribution in [1.82, 2.24) is 14.3 Å². The van der Waals surface area contributed by atoms with E-state index in [1.807, 2.05) is 0 Å². The van der Waals surface area contributed by atoms with Gasteiger partial charge in [0.2, 0.25) is 5.91 Å². The number of benzene rings is 1. The Balaban J connectivity index is 1.57. The van der Waals surface area contributed by atoms with Crippen molar-refractivity contribution in [1.29, 1.82) is 0 Å². The smallest absolute Gasteiger partial charge is 0.268 e. The highest BCUT2D eigenvalue weighted by molar-refractivity contribution is 9.10. The lowest BCUT2D eigenvalue weighted by atomic mass is 9.96. The highest BCUT2D eigenvalue weighted by Gasteiger charge is 2.36. The van der Waals surface area contributed by atoms with Crippen molar-refractivity contribution in [3.63, 3.8) is 0 Å². The van der Waals surface area contributed by atoms with Crippen LogP contribution in [0.5, 0.6) is 5.75 Å². The first-order valence-electron chi connectivity index (χ1n) is 11.0. The number of hydrogen-bond donors (Lipinski definition) is 0. The Morgan fingerprint density at radius 3 is 2.74 bits per heavy atom. The number of anilines is 1. The van der Waals surface area contributed by atoms with Gasteiger partial charge < -0.3 is 14.0 Å². The van der Waals surface area contributed by atoms with Crippen LogP contribution in [0.4, 0.5) is 14.5 Å². The quantitative estimate of drug-likeness (QED) is 0.503.